The van der Waals surface area contributed by atoms with Gasteiger partial charge in [0.2, 0.25) is 0 Å². The van der Waals surface area contributed by atoms with Gasteiger partial charge in [0.05, 0.1) is 0 Å². The molecule has 1 atom stereocenters. The van der Waals surface area contributed by atoms with Crippen LogP contribution in [0.25, 0.3) is 5.32 Å². The van der Waals surface area contributed by atoms with Crippen LogP contribution in [-0.2, 0) is 0 Å². The second kappa shape index (κ2) is 6.60. The van der Waals surface area contributed by atoms with Gasteiger partial charge in [-0.2, -0.15) is 6.42 Å². The van der Waals surface area contributed by atoms with Gasteiger partial charge in [0.1, 0.15) is 0 Å². The van der Waals surface area contributed by atoms with E-state index in [1.54, 1.807) is 0 Å². The SMILES string of the molecule is CC1(C)[CH-]CC(O)[N-]1.[Ac].[Rb+]. The molecule has 1 aliphatic heterocycles. The number of nitrogens with zero attached hydrogens (tertiary/aromatic N) is 1. The number of aliphatic hydroxyl groups is 1. The summed E-state index contributed by atoms with van der Waals surface area (Å²) in [5.74, 6) is 0. The van der Waals surface area contributed by atoms with Gasteiger partial charge in [-0.25, -0.2) is 0 Å². The number of hydrogen-bond donors (Lipinski definition) is 1. The van der Waals surface area contributed by atoms with E-state index in [0.29, 0.717) is 6.42 Å². The number of rotatable bonds is 0. The maximum atomic E-state index is 8.87. The second-order valence-electron chi connectivity index (χ2n) is 2.70. The molecule has 1 saturated heterocycles. The van der Waals surface area contributed by atoms with Crippen molar-refractivity contribution in [2.75, 3.05) is 0 Å². The fraction of sp³-hybridized carbons (Fsp3) is 0.833. The van der Waals surface area contributed by atoms with Crippen LogP contribution >= 0.6 is 0 Å². The average molecular weight is 426 g/mol. The molecule has 0 spiro atoms. The standard InChI is InChI=1S/C6H11NO.Ac.Rb/c1-6(2)4-3-5(8)7-6;;/h4-5,8H,3H2,1-2H3;;/q-2;;+1. The van der Waals surface area contributed by atoms with Crippen molar-refractivity contribution in [2.45, 2.75) is 32.0 Å². The largest absolute Gasteiger partial charge is 1.00 e. The number of aliphatic hydroxyl groups excluding tert-OH is 1. The Kier molecular flexibility index (Phi) is 10.3. The van der Waals surface area contributed by atoms with Crippen LogP contribution in [0.15, 0.2) is 0 Å². The summed E-state index contributed by atoms with van der Waals surface area (Å²) >= 11 is 0. The van der Waals surface area contributed by atoms with Gasteiger partial charge >= 0.3 is 58.2 Å². The molecule has 51 valence electrons. The van der Waals surface area contributed by atoms with Crippen LogP contribution in [-0.4, -0.2) is 16.9 Å². The Labute approximate surface area is 147 Å². The van der Waals surface area contributed by atoms with E-state index in [-0.39, 0.29) is 108 Å². The van der Waals surface area contributed by atoms with Crippen LogP contribution in [0.4, 0.5) is 0 Å². The third-order valence-corrected chi connectivity index (χ3v) is 1.31. The Morgan fingerprint density at radius 1 is 1.60 bits per heavy atom. The van der Waals surface area contributed by atoms with Gasteiger partial charge < -0.3 is 16.8 Å². The van der Waals surface area contributed by atoms with Crippen molar-refractivity contribution in [3.8, 4) is 0 Å². The maximum Gasteiger partial charge on any atom is 1.00 e. The summed E-state index contributed by atoms with van der Waals surface area (Å²) in [6, 6.07) is 0. The van der Waals surface area contributed by atoms with Gasteiger partial charge in [-0.15, -0.1) is 13.8 Å². The van der Waals surface area contributed by atoms with Crippen molar-refractivity contribution in [3.05, 3.63) is 11.7 Å². The first-order valence-electron chi connectivity index (χ1n) is 2.85. The molecule has 0 amide bonds. The summed E-state index contributed by atoms with van der Waals surface area (Å²) in [6.45, 7) is 3.98. The summed E-state index contributed by atoms with van der Waals surface area (Å²) in [5.41, 5.74) is -0.0839. The smallest absolute Gasteiger partial charge is 0.660 e. The fourth-order valence-corrected chi connectivity index (χ4v) is 0.883. The molecule has 1 heterocycles. The zero-order valence-corrected chi connectivity index (χ0v) is 16.5. The topological polar surface area (TPSA) is 34.3 Å². The van der Waals surface area contributed by atoms with Crippen LogP contribution in [0.2, 0.25) is 0 Å². The Bertz CT molecular complexity index is 99.7. The predicted octanol–water partition coefficient (Wildman–Crippen LogP) is -1.93. The van der Waals surface area contributed by atoms with Crippen LogP contribution in [0.1, 0.15) is 20.3 Å². The van der Waals surface area contributed by atoms with Gasteiger partial charge in [0.15, 0.2) is 0 Å². The molecule has 1 radical (unpaired) electrons. The van der Waals surface area contributed by atoms with E-state index in [1.807, 2.05) is 20.3 Å². The molecular formula is C6H11AcNORb-. The van der Waals surface area contributed by atoms with E-state index in [9.17, 15) is 0 Å². The zero-order chi connectivity index (χ0) is 6.20. The monoisotopic (exact) mass is 425 g/mol. The van der Waals surface area contributed by atoms with E-state index in [0.717, 1.165) is 0 Å². The summed E-state index contributed by atoms with van der Waals surface area (Å²) in [5, 5.41) is 12.9. The van der Waals surface area contributed by atoms with Crippen molar-refractivity contribution >= 4 is 0 Å². The van der Waals surface area contributed by atoms with Gasteiger partial charge in [-0.3, -0.25) is 5.54 Å². The minimum absolute atomic E-state index is 0. The first-order valence-corrected chi connectivity index (χ1v) is 2.85. The summed E-state index contributed by atoms with van der Waals surface area (Å²) in [6.07, 6.45) is 2.30. The minimum Gasteiger partial charge on any atom is -0.660 e. The molecular weight excluding hydrogens is 415 g/mol. The third kappa shape index (κ3) is 5.75. The van der Waals surface area contributed by atoms with E-state index in [4.69, 9.17) is 5.11 Å². The van der Waals surface area contributed by atoms with E-state index in [1.165, 1.54) is 0 Å². The Balaban J connectivity index is 0. The molecule has 1 rings (SSSR count). The van der Waals surface area contributed by atoms with E-state index < -0.39 is 6.23 Å². The van der Waals surface area contributed by atoms with E-state index >= 15 is 0 Å². The molecule has 0 bridgehead atoms. The molecule has 1 aliphatic rings. The average Bonchev–Trinajstić information content (AvgIpc) is 1.82. The summed E-state index contributed by atoms with van der Waals surface area (Å²) in [4.78, 5) is 0. The maximum absolute atomic E-state index is 8.87. The van der Waals surface area contributed by atoms with Gasteiger partial charge in [-0.05, 0) is 0 Å². The quantitative estimate of drug-likeness (QED) is 0.451. The van der Waals surface area contributed by atoms with Crippen LogP contribution < -0.4 is 58.2 Å². The summed E-state index contributed by atoms with van der Waals surface area (Å²) < 4.78 is 0. The van der Waals surface area contributed by atoms with Gasteiger partial charge in [0, 0.05) is 44.1 Å². The zero-order valence-electron chi connectivity index (χ0n) is 6.83. The molecule has 0 aromatic rings. The van der Waals surface area contributed by atoms with Crippen LogP contribution in [0.5, 0.6) is 0 Å². The summed E-state index contributed by atoms with van der Waals surface area (Å²) in [7, 11) is 0. The third-order valence-electron chi connectivity index (χ3n) is 1.31. The first-order chi connectivity index (χ1) is 3.60. The van der Waals surface area contributed by atoms with Crippen LogP contribution in [0, 0.1) is 50.5 Å². The minimum atomic E-state index is -0.440. The molecule has 4 heteroatoms. The normalized spacial score (nSPS) is 28.5. The van der Waals surface area contributed by atoms with Crippen molar-refractivity contribution in [1.82, 2.24) is 0 Å². The molecule has 0 aliphatic carbocycles. The molecule has 2 nitrogen and oxygen atoms in total. The van der Waals surface area contributed by atoms with Gasteiger partial charge in [0.25, 0.3) is 0 Å². The molecule has 1 N–H and O–H groups in total. The Morgan fingerprint density at radius 2 is 2.10 bits per heavy atom. The Hall–Kier alpha value is 3.17. The van der Waals surface area contributed by atoms with E-state index in [2.05, 4.69) is 5.32 Å². The molecule has 10 heavy (non-hydrogen) atoms. The fourth-order valence-electron chi connectivity index (χ4n) is 0.883. The van der Waals surface area contributed by atoms with Crippen molar-refractivity contribution in [1.29, 1.82) is 0 Å². The van der Waals surface area contributed by atoms with Crippen LogP contribution in [0.3, 0.4) is 0 Å². The molecule has 0 saturated carbocycles. The number of hydrogen-bond acceptors (Lipinski definition) is 1. The van der Waals surface area contributed by atoms with Crippen molar-refractivity contribution in [3.63, 3.8) is 0 Å². The van der Waals surface area contributed by atoms with Crippen molar-refractivity contribution < 1.29 is 107 Å². The van der Waals surface area contributed by atoms with Crippen molar-refractivity contribution in [2.24, 2.45) is 0 Å². The molecule has 0 aromatic carbocycles. The predicted molar refractivity (Wildman–Crippen MR) is 32.4 cm³/mol. The molecule has 0 aromatic heterocycles. The first kappa shape index (κ1) is 15.6. The van der Waals surface area contributed by atoms with Gasteiger partial charge in [-0.1, -0.05) is 6.23 Å². The Morgan fingerprint density at radius 3 is 2.20 bits per heavy atom. The molecule has 1 fully saturated rings. The second-order valence-corrected chi connectivity index (χ2v) is 2.70. The molecule has 1 unspecified atom stereocenters.